The zero-order valence-electron chi connectivity index (χ0n) is 11.9. The molecule has 0 unspecified atom stereocenters. The monoisotopic (exact) mass is 360 g/mol. The molecule has 1 aromatic carbocycles. The Balaban J connectivity index is 3.04. The summed E-state index contributed by atoms with van der Waals surface area (Å²) in [7, 11) is -1.95. The lowest BCUT2D eigenvalue weighted by Gasteiger charge is -2.17. The van der Waals surface area contributed by atoms with Crippen molar-refractivity contribution in [1.29, 1.82) is 0 Å². The van der Waals surface area contributed by atoms with E-state index < -0.39 is 10.0 Å². The van der Waals surface area contributed by atoms with Gasteiger partial charge in [0, 0.05) is 24.6 Å². The van der Waals surface area contributed by atoms with Crippen molar-refractivity contribution in [3.63, 3.8) is 0 Å². The molecule has 0 aliphatic heterocycles. The molecule has 0 heterocycles. The van der Waals surface area contributed by atoms with Gasteiger partial charge in [0.2, 0.25) is 10.0 Å². The summed E-state index contributed by atoms with van der Waals surface area (Å²) in [5, 5.41) is 3.26. The number of nitrogens with one attached hydrogen (secondary N) is 1. The summed E-state index contributed by atoms with van der Waals surface area (Å²) in [5.74, 6) is 0. The molecule has 0 aliphatic rings. The molecule has 1 aromatic rings. The fraction of sp³-hybridized carbons (Fsp3) is 0.429. The van der Waals surface area contributed by atoms with Crippen molar-refractivity contribution in [3.05, 3.63) is 40.9 Å². The number of rotatable bonds is 8. The third-order valence-electron chi connectivity index (χ3n) is 2.83. The lowest BCUT2D eigenvalue weighted by Crippen LogP contribution is -2.27. The van der Waals surface area contributed by atoms with Crippen LogP contribution < -0.4 is 5.32 Å². The lowest BCUT2D eigenvalue weighted by molar-refractivity contribution is 0.498. The molecular formula is C14H21BrN2O2S. The zero-order chi connectivity index (χ0) is 15.2. The minimum absolute atomic E-state index is 0.285. The quantitative estimate of drug-likeness (QED) is 0.572. The molecule has 1 N–H and O–H groups in total. The van der Waals surface area contributed by atoms with E-state index in [1.807, 2.05) is 6.07 Å². The van der Waals surface area contributed by atoms with Gasteiger partial charge in [-0.15, -0.1) is 6.58 Å². The van der Waals surface area contributed by atoms with E-state index in [2.05, 4.69) is 34.7 Å². The van der Waals surface area contributed by atoms with Crippen molar-refractivity contribution in [2.45, 2.75) is 24.8 Å². The fourth-order valence-electron chi connectivity index (χ4n) is 1.71. The summed E-state index contributed by atoms with van der Waals surface area (Å²) < 4.78 is 26.8. The van der Waals surface area contributed by atoms with Gasteiger partial charge in [-0.1, -0.05) is 19.1 Å². The van der Waals surface area contributed by atoms with Gasteiger partial charge in [0.1, 0.15) is 0 Å². The van der Waals surface area contributed by atoms with E-state index in [9.17, 15) is 8.42 Å². The second-order valence-corrected chi connectivity index (χ2v) is 7.38. The van der Waals surface area contributed by atoms with Gasteiger partial charge in [-0.05, 0) is 46.6 Å². The van der Waals surface area contributed by atoms with Crippen molar-refractivity contribution in [3.8, 4) is 0 Å². The van der Waals surface area contributed by atoms with Gasteiger partial charge in [-0.3, -0.25) is 0 Å². The van der Waals surface area contributed by atoms with Crippen LogP contribution in [0.3, 0.4) is 0 Å². The molecule has 0 aromatic heterocycles. The van der Waals surface area contributed by atoms with Gasteiger partial charge < -0.3 is 5.32 Å². The Morgan fingerprint density at radius 2 is 2.15 bits per heavy atom. The van der Waals surface area contributed by atoms with E-state index >= 15 is 0 Å². The molecule has 0 bridgehead atoms. The average Bonchev–Trinajstić information content (AvgIpc) is 2.41. The SMILES string of the molecule is C=CCN(C)S(=O)(=O)c1cc(CNCCC)ccc1Br. The third kappa shape index (κ3) is 4.41. The molecule has 1 rings (SSSR count). The Bertz CT molecular complexity index is 558. The summed E-state index contributed by atoms with van der Waals surface area (Å²) >= 11 is 3.32. The summed E-state index contributed by atoms with van der Waals surface area (Å²) in [4.78, 5) is 0.289. The van der Waals surface area contributed by atoms with Crippen LogP contribution >= 0.6 is 15.9 Å². The van der Waals surface area contributed by atoms with Gasteiger partial charge in [0.05, 0.1) is 4.90 Å². The van der Waals surface area contributed by atoms with Crippen LogP contribution in [0.2, 0.25) is 0 Å². The smallest absolute Gasteiger partial charge is 0.244 e. The van der Waals surface area contributed by atoms with Crippen molar-refractivity contribution >= 4 is 26.0 Å². The Hall–Kier alpha value is -0.690. The van der Waals surface area contributed by atoms with Crippen LogP contribution in [0.25, 0.3) is 0 Å². The highest BCUT2D eigenvalue weighted by Gasteiger charge is 2.22. The Morgan fingerprint density at radius 3 is 2.75 bits per heavy atom. The highest BCUT2D eigenvalue weighted by atomic mass is 79.9. The number of hydrogen-bond donors (Lipinski definition) is 1. The van der Waals surface area contributed by atoms with E-state index in [1.165, 1.54) is 4.31 Å². The Morgan fingerprint density at radius 1 is 1.45 bits per heavy atom. The molecule has 112 valence electrons. The second-order valence-electron chi connectivity index (χ2n) is 4.52. The molecular weight excluding hydrogens is 340 g/mol. The summed E-state index contributed by atoms with van der Waals surface area (Å²) in [5.41, 5.74) is 0.951. The van der Waals surface area contributed by atoms with E-state index in [4.69, 9.17) is 0 Å². The number of sulfonamides is 1. The highest BCUT2D eigenvalue weighted by Crippen LogP contribution is 2.25. The fourth-order valence-corrected chi connectivity index (χ4v) is 3.83. The first-order valence-corrected chi connectivity index (χ1v) is 8.73. The van der Waals surface area contributed by atoms with Crippen molar-refractivity contribution in [1.82, 2.24) is 9.62 Å². The maximum atomic E-state index is 12.5. The molecule has 6 heteroatoms. The van der Waals surface area contributed by atoms with Crippen LogP contribution in [0.1, 0.15) is 18.9 Å². The van der Waals surface area contributed by atoms with Crippen molar-refractivity contribution in [2.75, 3.05) is 20.1 Å². The average molecular weight is 361 g/mol. The van der Waals surface area contributed by atoms with Gasteiger partial charge in [0.25, 0.3) is 0 Å². The standard InChI is InChI=1S/C14H21BrN2O2S/c1-4-8-16-11-12-6-7-13(15)14(10-12)20(18,19)17(3)9-5-2/h5-7,10,16H,2,4,8-9,11H2,1,3H3. The molecule has 0 saturated carbocycles. The largest absolute Gasteiger partial charge is 0.313 e. The van der Waals surface area contributed by atoms with Gasteiger partial charge in [-0.25, -0.2) is 8.42 Å². The number of nitrogens with zero attached hydrogens (tertiary/aromatic N) is 1. The molecule has 0 spiro atoms. The predicted octanol–water partition coefficient (Wildman–Crippen LogP) is 2.76. The Labute approximate surface area is 130 Å². The normalized spacial score (nSPS) is 11.8. The molecule has 20 heavy (non-hydrogen) atoms. The van der Waals surface area contributed by atoms with Crippen molar-refractivity contribution < 1.29 is 8.42 Å². The lowest BCUT2D eigenvalue weighted by atomic mass is 10.2. The minimum Gasteiger partial charge on any atom is -0.313 e. The first kappa shape index (κ1) is 17.4. The van der Waals surface area contributed by atoms with Gasteiger partial charge in [0.15, 0.2) is 0 Å². The third-order valence-corrected chi connectivity index (χ3v) is 5.64. The molecule has 0 saturated heterocycles. The van der Waals surface area contributed by atoms with Gasteiger partial charge in [-0.2, -0.15) is 4.31 Å². The minimum atomic E-state index is -3.50. The van der Waals surface area contributed by atoms with Crippen LogP contribution in [0.5, 0.6) is 0 Å². The number of halogens is 1. The van der Waals surface area contributed by atoms with E-state index in [-0.39, 0.29) is 11.4 Å². The number of likely N-dealkylation sites (N-methyl/N-ethyl adjacent to an activating group) is 1. The molecule has 4 nitrogen and oxygen atoms in total. The molecule has 0 radical (unpaired) electrons. The highest BCUT2D eigenvalue weighted by molar-refractivity contribution is 9.10. The summed E-state index contributed by atoms with van der Waals surface area (Å²) in [6, 6.07) is 5.40. The molecule has 0 fully saturated rings. The Kier molecular flexibility index (Phi) is 6.88. The van der Waals surface area contributed by atoms with E-state index in [1.54, 1.807) is 25.3 Å². The van der Waals surface area contributed by atoms with Crippen LogP contribution in [0.4, 0.5) is 0 Å². The first-order valence-electron chi connectivity index (χ1n) is 6.49. The number of hydrogen-bond acceptors (Lipinski definition) is 3. The zero-order valence-corrected chi connectivity index (χ0v) is 14.3. The van der Waals surface area contributed by atoms with Crippen LogP contribution in [0, 0.1) is 0 Å². The topological polar surface area (TPSA) is 49.4 Å². The van der Waals surface area contributed by atoms with E-state index in [0.717, 1.165) is 18.5 Å². The van der Waals surface area contributed by atoms with Gasteiger partial charge >= 0.3 is 0 Å². The number of benzene rings is 1. The second kappa shape index (κ2) is 7.93. The summed E-state index contributed by atoms with van der Waals surface area (Å²) in [6.45, 7) is 7.52. The molecule has 0 aliphatic carbocycles. The first-order chi connectivity index (χ1) is 9.43. The van der Waals surface area contributed by atoms with Crippen LogP contribution in [-0.2, 0) is 16.6 Å². The maximum absolute atomic E-state index is 12.5. The molecule has 0 amide bonds. The summed E-state index contributed by atoms with van der Waals surface area (Å²) in [6.07, 6.45) is 2.61. The maximum Gasteiger partial charge on any atom is 0.244 e. The van der Waals surface area contributed by atoms with Crippen LogP contribution in [-0.4, -0.2) is 32.9 Å². The predicted molar refractivity (Wildman–Crippen MR) is 86.2 cm³/mol. The van der Waals surface area contributed by atoms with Crippen molar-refractivity contribution in [2.24, 2.45) is 0 Å². The van der Waals surface area contributed by atoms with E-state index in [0.29, 0.717) is 11.0 Å². The van der Waals surface area contributed by atoms with Crippen LogP contribution in [0.15, 0.2) is 40.2 Å². The molecule has 0 atom stereocenters.